The van der Waals surface area contributed by atoms with E-state index in [0.29, 0.717) is 0 Å². The van der Waals surface area contributed by atoms with Gasteiger partial charge in [0.15, 0.2) is 6.29 Å². The van der Waals surface area contributed by atoms with Crippen LogP contribution >= 0.6 is 0 Å². The van der Waals surface area contributed by atoms with Crippen molar-refractivity contribution in [3.05, 3.63) is 60.7 Å². The van der Waals surface area contributed by atoms with Crippen molar-refractivity contribution in [3.63, 3.8) is 0 Å². The van der Waals surface area contributed by atoms with Crippen molar-refractivity contribution < 1.29 is 31.2 Å². The average molecular weight is 495 g/mol. The molecule has 0 aromatic heterocycles. The van der Waals surface area contributed by atoms with Gasteiger partial charge in [-0.15, -0.1) is 0 Å². The van der Waals surface area contributed by atoms with Crippen LogP contribution in [0.15, 0.2) is 60.7 Å². The van der Waals surface area contributed by atoms with Gasteiger partial charge in [-0.1, -0.05) is 81.4 Å². The maximum absolute atomic E-state index is 12.0. The van der Waals surface area contributed by atoms with E-state index in [-0.39, 0.29) is 11.6 Å². The van der Waals surface area contributed by atoms with E-state index in [2.05, 4.69) is 45.0 Å². The third-order valence-corrected chi connectivity index (χ3v) is 11.5. The molecule has 2 aromatic rings. The standard InChI is InChI=1S/C24H34O7SSi/c1-24(2,3)33(18-13-9-7-10-14-18,19-15-11-8-12-16-19)29-17-20-21(31-32(6,25)26)22(27-4)23(28-5)30-20/h7-16,20-23H,17H2,1-6H3/t20-,21+,22-,23+/m1/s1. The van der Waals surface area contributed by atoms with Crippen LogP contribution in [-0.2, 0) is 32.9 Å². The van der Waals surface area contributed by atoms with Crippen molar-refractivity contribution >= 4 is 28.8 Å². The fourth-order valence-corrected chi connectivity index (χ4v) is 9.76. The van der Waals surface area contributed by atoms with Gasteiger partial charge in [0, 0.05) is 14.2 Å². The molecule has 0 saturated carbocycles. The lowest BCUT2D eigenvalue weighted by molar-refractivity contribution is -0.158. The molecule has 0 unspecified atom stereocenters. The minimum atomic E-state index is -3.76. The first-order valence-electron chi connectivity index (χ1n) is 10.9. The summed E-state index contributed by atoms with van der Waals surface area (Å²) in [4.78, 5) is 0. The van der Waals surface area contributed by atoms with Gasteiger partial charge in [0.05, 0.1) is 12.9 Å². The quantitative estimate of drug-likeness (QED) is 0.391. The fourth-order valence-electron chi connectivity index (χ4n) is 4.55. The molecule has 4 atom stereocenters. The van der Waals surface area contributed by atoms with E-state index in [0.717, 1.165) is 16.6 Å². The molecular formula is C24H34O7SSi. The van der Waals surface area contributed by atoms with Crippen LogP contribution in [0.2, 0.25) is 5.04 Å². The highest BCUT2D eigenvalue weighted by molar-refractivity contribution is 7.86. The molecule has 3 rings (SSSR count). The molecule has 1 saturated heterocycles. The van der Waals surface area contributed by atoms with E-state index in [1.165, 1.54) is 14.2 Å². The van der Waals surface area contributed by atoms with Gasteiger partial charge in [-0.25, -0.2) is 0 Å². The average Bonchev–Trinajstić information content (AvgIpc) is 3.09. The summed E-state index contributed by atoms with van der Waals surface area (Å²) in [6.07, 6.45) is -2.06. The predicted molar refractivity (Wildman–Crippen MR) is 130 cm³/mol. The van der Waals surface area contributed by atoms with Gasteiger partial charge in [-0.05, 0) is 15.4 Å². The summed E-state index contributed by atoms with van der Waals surface area (Å²) in [7, 11) is -3.64. The van der Waals surface area contributed by atoms with Crippen molar-refractivity contribution in [1.29, 1.82) is 0 Å². The molecular weight excluding hydrogens is 460 g/mol. The SMILES string of the molecule is CO[C@H]1O[C@H](CO[Si](c2ccccc2)(c2ccccc2)C(C)(C)C)[C@H](OS(C)(=O)=O)[C@H]1OC. The molecule has 0 radical (unpaired) electrons. The second-order valence-electron chi connectivity index (χ2n) is 9.22. The first-order valence-corrected chi connectivity index (χ1v) is 14.6. The molecule has 1 aliphatic rings. The summed E-state index contributed by atoms with van der Waals surface area (Å²) < 4.78 is 53.2. The second-order valence-corrected chi connectivity index (χ2v) is 15.1. The fraction of sp³-hybridized carbons (Fsp3) is 0.500. The van der Waals surface area contributed by atoms with Crippen LogP contribution in [0.25, 0.3) is 0 Å². The number of hydrogen-bond donors (Lipinski definition) is 0. The molecule has 182 valence electrons. The lowest BCUT2D eigenvalue weighted by Crippen LogP contribution is -2.67. The van der Waals surface area contributed by atoms with E-state index in [9.17, 15) is 8.42 Å². The number of methoxy groups -OCH3 is 2. The number of rotatable bonds is 9. The van der Waals surface area contributed by atoms with Crippen LogP contribution < -0.4 is 10.4 Å². The number of hydrogen-bond acceptors (Lipinski definition) is 7. The Morgan fingerprint density at radius 1 is 0.879 bits per heavy atom. The third kappa shape index (κ3) is 5.56. The van der Waals surface area contributed by atoms with Gasteiger partial charge in [0.25, 0.3) is 18.4 Å². The Kier molecular flexibility index (Phi) is 8.16. The summed E-state index contributed by atoms with van der Waals surface area (Å²) >= 11 is 0. The van der Waals surface area contributed by atoms with E-state index in [4.69, 9.17) is 22.8 Å². The third-order valence-electron chi connectivity index (χ3n) is 5.94. The van der Waals surface area contributed by atoms with Crippen LogP contribution in [-0.4, -0.2) is 68.4 Å². The van der Waals surface area contributed by atoms with E-state index < -0.39 is 43.0 Å². The minimum absolute atomic E-state index is 0.118. The van der Waals surface area contributed by atoms with Gasteiger partial charge in [-0.3, -0.25) is 4.18 Å². The normalized spacial score (nSPS) is 24.2. The van der Waals surface area contributed by atoms with Crippen molar-refractivity contribution in [1.82, 2.24) is 0 Å². The molecule has 0 N–H and O–H groups in total. The van der Waals surface area contributed by atoms with Gasteiger partial charge in [0.2, 0.25) is 0 Å². The van der Waals surface area contributed by atoms with Crippen LogP contribution in [0.3, 0.4) is 0 Å². The Bertz CT molecular complexity index is 953. The minimum Gasteiger partial charge on any atom is -0.405 e. The molecule has 1 heterocycles. The van der Waals surface area contributed by atoms with Crippen molar-refractivity contribution in [3.8, 4) is 0 Å². The van der Waals surface area contributed by atoms with E-state index in [1.807, 2.05) is 36.4 Å². The van der Waals surface area contributed by atoms with Gasteiger partial charge in [0.1, 0.15) is 18.3 Å². The maximum atomic E-state index is 12.0. The zero-order valence-electron chi connectivity index (χ0n) is 20.1. The zero-order chi connectivity index (χ0) is 24.3. The molecule has 0 bridgehead atoms. The smallest absolute Gasteiger partial charge is 0.264 e. The first kappa shape index (κ1) is 26.0. The molecule has 1 fully saturated rings. The summed E-state index contributed by atoms with van der Waals surface area (Å²) in [6.45, 7) is 6.65. The number of ether oxygens (including phenoxy) is 3. The Labute approximate surface area is 198 Å². The lowest BCUT2D eigenvalue weighted by atomic mass is 10.1. The predicted octanol–water partition coefficient (Wildman–Crippen LogP) is 2.29. The highest BCUT2D eigenvalue weighted by Crippen LogP contribution is 2.38. The first-order chi connectivity index (χ1) is 15.5. The lowest BCUT2D eigenvalue weighted by Gasteiger charge is -2.43. The Hall–Kier alpha value is -1.59. The highest BCUT2D eigenvalue weighted by Gasteiger charge is 2.53. The second kappa shape index (κ2) is 10.3. The molecule has 0 aliphatic carbocycles. The Morgan fingerprint density at radius 3 is 1.79 bits per heavy atom. The molecule has 9 heteroatoms. The monoisotopic (exact) mass is 494 g/mol. The zero-order valence-corrected chi connectivity index (χ0v) is 21.9. The number of benzene rings is 2. The topological polar surface area (TPSA) is 80.3 Å². The molecule has 0 amide bonds. The van der Waals surface area contributed by atoms with Crippen LogP contribution in [0.1, 0.15) is 20.8 Å². The highest BCUT2D eigenvalue weighted by atomic mass is 32.2. The molecule has 2 aromatic carbocycles. The van der Waals surface area contributed by atoms with Crippen LogP contribution in [0, 0.1) is 0 Å². The maximum Gasteiger partial charge on any atom is 0.264 e. The van der Waals surface area contributed by atoms with E-state index in [1.54, 1.807) is 0 Å². The summed E-state index contributed by atoms with van der Waals surface area (Å²) in [5.41, 5.74) is 0. The van der Waals surface area contributed by atoms with Crippen molar-refractivity contribution in [2.75, 3.05) is 27.1 Å². The van der Waals surface area contributed by atoms with Crippen LogP contribution in [0.4, 0.5) is 0 Å². The molecule has 7 nitrogen and oxygen atoms in total. The van der Waals surface area contributed by atoms with E-state index >= 15 is 0 Å². The van der Waals surface area contributed by atoms with Gasteiger partial charge >= 0.3 is 0 Å². The summed E-state index contributed by atoms with van der Waals surface area (Å²) in [5, 5.41) is 2.01. The summed E-state index contributed by atoms with van der Waals surface area (Å²) in [5.74, 6) is 0. The summed E-state index contributed by atoms with van der Waals surface area (Å²) in [6, 6.07) is 20.4. The van der Waals surface area contributed by atoms with Crippen molar-refractivity contribution in [2.24, 2.45) is 0 Å². The largest absolute Gasteiger partial charge is 0.405 e. The Balaban J connectivity index is 2.03. The van der Waals surface area contributed by atoms with Crippen molar-refractivity contribution in [2.45, 2.75) is 50.4 Å². The molecule has 33 heavy (non-hydrogen) atoms. The molecule has 1 aliphatic heterocycles. The Morgan fingerprint density at radius 2 is 1.39 bits per heavy atom. The van der Waals surface area contributed by atoms with Gasteiger partial charge in [-0.2, -0.15) is 8.42 Å². The van der Waals surface area contributed by atoms with Crippen LogP contribution in [0.5, 0.6) is 0 Å². The molecule has 0 spiro atoms. The van der Waals surface area contributed by atoms with Gasteiger partial charge < -0.3 is 18.6 Å².